The van der Waals surface area contributed by atoms with Gasteiger partial charge < -0.3 is 4.74 Å². The van der Waals surface area contributed by atoms with E-state index in [0.717, 1.165) is 17.1 Å². The fourth-order valence-corrected chi connectivity index (χ4v) is 3.05. The van der Waals surface area contributed by atoms with Crippen molar-refractivity contribution in [2.75, 3.05) is 11.9 Å². The molecule has 0 saturated carbocycles. The summed E-state index contributed by atoms with van der Waals surface area (Å²) in [7, 11) is 0. The Morgan fingerprint density at radius 2 is 2.00 bits per heavy atom. The fourth-order valence-electron chi connectivity index (χ4n) is 2.22. The first kappa shape index (κ1) is 18.6. The Hall–Kier alpha value is -2.74. The van der Waals surface area contributed by atoms with Crippen molar-refractivity contribution in [2.24, 2.45) is 5.10 Å². The summed E-state index contributed by atoms with van der Waals surface area (Å²) in [6, 6.07) is 7.27. The smallest absolute Gasteiger partial charge is 0.412 e. The number of hydrogen-bond donors (Lipinski definition) is 2. The molecular weight excluding hydrogens is 340 g/mol. The molecule has 0 fully saturated rings. The van der Waals surface area contributed by atoms with Crippen LogP contribution in [0.1, 0.15) is 41.0 Å². The van der Waals surface area contributed by atoms with Crippen LogP contribution in [0.25, 0.3) is 0 Å². The van der Waals surface area contributed by atoms with E-state index in [4.69, 9.17) is 4.74 Å². The summed E-state index contributed by atoms with van der Waals surface area (Å²) < 4.78 is 9.11. The predicted octanol–water partition coefficient (Wildman–Crippen LogP) is 3.48. The highest BCUT2D eigenvalue weighted by Gasteiger charge is 2.17. The molecule has 1 heterocycles. The van der Waals surface area contributed by atoms with E-state index in [1.165, 1.54) is 0 Å². The number of aromatic nitrogens is 1. The van der Waals surface area contributed by atoms with Crippen molar-refractivity contribution >= 4 is 34.2 Å². The highest BCUT2D eigenvalue weighted by atomic mass is 32.1. The Bertz CT molecular complexity index is 814. The number of carbonyl (C=O) groups excluding carboxylic acids is 2. The lowest BCUT2D eigenvalue weighted by molar-refractivity contribution is 0.0954. The van der Waals surface area contributed by atoms with Crippen LogP contribution in [0.4, 0.5) is 9.80 Å². The zero-order valence-electron chi connectivity index (χ0n) is 14.5. The summed E-state index contributed by atoms with van der Waals surface area (Å²) in [5, 5.41) is 7.32. The Kier molecular flexibility index (Phi) is 6.24. The number of nitrogens with one attached hydrogen (secondary N) is 2. The summed E-state index contributed by atoms with van der Waals surface area (Å²) in [5.74, 6) is -0.293. The van der Waals surface area contributed by atoms with Crippen molar-refractivity contribution in [3.63, 3.8) is 0 Å². The molecule has 0 radical (unpaired) electrons. The molecule has 7 nitrogen and oxygen atoms in total. The van der Waals surface area contributed by atoms with E-state index < -0.39 is 6.09 Å². The summed E-state index contributed by atoms with van der Waals surface area (Å²) in [6.07, 6.45) is -0.552. The van der Waals surface area contributed by atoms with Crippen molar-refractivity contribution in [3.8, 4) is 0 Å². The SMILES string of the molecule is CCOC(=O)Nc1snc(C)c1/C(C)=N/NC(=O)c1ccccc1C. The van der Waals surface area contributed by atoms with Gasteiger partial charge in [-0.15, -0.1) is 0 Å². The highest BCUT2D eigenvalue weighted by molar-refractivity contribution is 7.11. The average Bonchev–Trinajstić information content (AvgIpc) is 2.93. The van der Waals surface area contributed by atoms with E-state index in [1.54, 1.807) is 26.0 Å². The van der Waals surface area contributed by atoms with Crippen LogP contribution < -0.4 is 10.7 Å². The minimum absolute atomic E-state index is 0.276. The van der Waals surface area contributed by atoms with Gasteiger partial charge in [-0.1, -0.05) is 18.2 Å². The second-order valence-electron chi connectivity index (χ2n) is 5.27. The van der Waals surface area contributed by atoms with Gasteiger partial charge >= 0.3 is 6.09 Å². The molecule has 8 heteroatoms. The zero-order valence-corrected chi connectivity index (χ0v) is 15.4. The Balaban J connectivity index is 2.17. The number of hydrogen-bond acceptors (Lipinski definition) is 6. The number of benzene rings is 1. The molecule has 132 valence electrons. The van der Waals surface area contributed by atoms with Crippen molar-refractivity contribution in [3.05, 3.63) is 46.6 Å². The Morgan fingerprint density at radius 1 is 1.28 bits per heavy atom. The summed E-state index contributed by atoms with van der Waals surface area (Å²) in [6.45, 7) is 7.42. The third kappa shape index (κ3) is 4.63. The van der Waals surface area contributed by atoms with E-state index in [0.29, 0.717) is 27.5 Å². The van der Waals surface area contributed by atoms with E-state index in [-0.39, 0.29) is 12.5 Å². The third-order valence-corrected chi connectivity index (χ3v) is 4.28. The molecule has 0 aliphatic carbocycles. The maximum absolute atomic E-state index is 12.3. The first-order valence-electron chi connectivity index (χ1n) is 7.74. The molecule has 1 aromatic carbocycles. The average molecular weight is 360 g/mol. The summed E-state index contributed by atoms with van der Waals surface area (Å²) >= 11 is 1.14. The van der Waals surface area contributed by atoms with Crippen LogP contribution in [-0.4, -0.2) is 28.7 Å². The number of amides is 2. The molecule has 2 N–H and O–H groups in total. The van der Waals surface area contributed by atoms with E-state index in [9.17, 15) is 9.59 Å². The Labute approximate surface area is 150 Å². The van der Waals surface area contributed by atoms with Crippen LogP contribution in [0.2, 0.25) is 0 Å². The molecule has 0 aliphatic heterocycles. The maximum Gasteiger partial charge on any atom is 0.412 e. The molecule has 0 unspecified atom stereocenters. The van der Waals surface area contributed by atoms with Gasteiger partial charge in [-0.2, -0.15) is 9.47 Å². The lowest BCUT2D eigenvalue weighted by Crippen LogP contribution is -2.21. The number of nitrogens with zero attached hydrogens (tertiary/aromatic N) is 2. The van der Waals surface area contributed by atoms with Crippen LogP contribution in [0.5, 0.6) is 0 Å². The van der Waals surface area contributed by atoms with Crippen LogP contribution in [-0.2, 0) is 4.74 Å². The first-order valence-corrected chi connectivity index (χ1v) is 8.52. The second-order valence-corrected chi connectivity index (χ2v) is 6.04. The maximum atomic E-state index is 12.3. The zero-order chi connectivity index (χ0) is 18.4. The molecule has 0 atom stereocenters. The van der Waals surface area contributed by atoms with E-state index >= 15 is 0 Å². The van der Waals surface area contributed by atoms with Crippen LogP contribution in [0, 0.1) is 13.8 Å². The third-order valence-electron chi connectivity index (χ3n) is 3.43. The van der Waals surface area contributed by atoms with Gasteiger partial charge in [0.25, 0.3) is 5.91 Å². The predicted molar refractivity (Wildman–Crippen MR) is 98.4 cm³/mol. The molecule has 2 aromatic rings. The van der Waals surface area contributed by atoms with Crippen molar-refractivity contribution in [1.82, 2.24) is 9.80 Å². The lowest BCUT2D eigenvalue weighted by Gasteiger charge is -2.07. The molecule has 25 heavy (non-hydrogen) atoms. The molecule has 1 aromatic heterocycles. The van der Waals surface area contributed by atoms with Gasteiger partial charge in [-0.3, -0.25) is 10.1 Å². The van der Waals surface area contributed by atoms with Crippen LogP contribution in [0.15, 0.2) is 29.4 Å². The van der Waals surface area contributed by atoms with E-state index in [2.05, 4.69) is 20.2 Å². The van der Waals surface area contributed by atoms with Gasteiger partial charge in [-0.05, 0) is 50.9 Å². The van der Waals surface area contributed by atoms with Crippen molar-refractivity contribution < 1.29 is 14.3 Å². The minimum atomic E-state index is -0.552. The molecule has 0 aliphatic rings. The summed E-state index contributed by atoms with van der Waals surface area (Å²) in [5.41, 5.74) is 5.89. The van der Waals surface area contributed by atoms with Gasteiger partial charge in [0.1, 0.15) is 5.00 Å². The quantitative estimate of drug-likeness (QED) is 0.630. The van der Waals surface area contributed by atoms with Gasteiger partial charge in [0.2, 0.25) is 0 Å². The molecule has 0 bridgehead atoms. The number of rotatable bonds is 5. The largest absolute Gasteiger partial charge is 0.450 e. The molecule has 0 spiro atoms. The van der Waals surface area contributed by atoms with Crippen LogP contribution in [0.3, 0.4) is 0 Å². The van der Waals surface area contributed by atoms with Gasteiger partial charge in [-0.25, -0.2) is 10.2 Å². The summed E-state index contributed by atoms with van der Waals surface area (Å²) in [4.78, 5) is 23.9. The molecule has 2 rings (SSSR count). The molecule has 0 saturated heterocycles. The van der Waals surface area contributed by atoms with E-state index in [1.807, 2.05) is 26.0 Å². The molecule has 2 amide bonds. The first-order chi connectivity index (χ1) is 11.9. The number of aryl methyl sites for hydroxylation is 2. The minimum Gasteiger partial charge on any atom is -0.450 e. The number of carbonyl (C=O) groups is 2. The van der Waals surface area contributed by atoms with Crippen molar-refractivity contribution in [1.29, 1.82) is 0 Å². The molecular formula is C17H20N4O3S. The lowest BCUT2D eigenvalue weighted by atomic mass is 10.1. The number of ether oxygens (including phenoxy) is 1. The van der Waals surface area contributed by atoms with Crippen molar-refractivity contribution in [2.45, 2.75) is 27.7 Å². The van der Waals surface area contributed by atoms with Gasteiger partial charge in [0.15, 0.2) is 0 Å². The van der Waals surface area contributed by atoms with Gasteiger partial charge in [0, 0.05) is 5.56 Å². The fraction of sp³-hybridized carbons (Fsp3) is 0.294. The number of hydrazone groups is 1. The van der Waals surface area contributed by atoms with Gasteiger partial charge in [0.05, 0.1) is 23.6 Å². The normalized spacial score (nSPS) is 11.1. The topological polar surface area (TPSA) is 92.7 Å². The monoisotopic (exact) mass is 360 g/mol. The highest BCUT2D eigenvalue weighted by Crippen LogP contribution is 2.25. The Morgan fingerprint density at radius 3 is 2.68 bits per heavy atom. The van der Waals surface area contributed by atoms with Crippen LogP contribution >= 0.6 is 11.5 Å². The standard InChI is InChI=1S/C17H20N4O3S/c1-5-24-17(23)18-16-14(12(4)21-25-16)11(3)19-20-15(22)13-9-7-6-8-10(13)2/h6-9H,5H2,1-4H3,(H,18,23)(H,20,22)/b19-11+. The second kappa shape index (κ2) is 8.39. The number of anilines is 1.